The van der Waals surface area contributed by atoms with Gasteiger partial charge < -0.3 is 10.2 Å². The lowest BCUT2D eigenvalue weighted by Crippen LogP contribution is -2.54. The van der Waals surface area contributed by atoms with E-state index in [0.29, 0.717) is 24.2 Å². The molecule has 0 radical (unpaired) electrons. The molecule has 0 saturated carbocycles. The molecule has 1 saturated heterocycles. The summed E-state index contributed by atoms with van der Waals surface area (Å²) in [6.07, 6.45) is 1.83. The molecule has 2 aliphatic rings. The summed E-state index contributed by atoms with van der Waals surface area (Å²) in [7, 11) is -3.35. The van der Waals surface area contributed by atoms with Gasteiger partial charge in [0.05, 0.1) is 17.5 Å². The molecule has 0 bridgehead atoms. The Kier molecular flexibility index (Phi) is 4.19. The van der Waals surface area contributed by atoms with Gasteiger partial charge in [-0.3, -0.25) is 9.59 Å². The number of hydrogen-bond acceptors (Lipinski definition) is 4. The highest BCUT2D eigenvalue weighted by Crippen LogP contribution is 2.30. The number of halogens is 1. The van der Waals surface area contributed by atoms with E-state index in [4.69, 9.17) is 0 Å². The van der Waals surface area contributed by atoms with Crippen molar-refractivity contribution in [1.29, 1.82) is 0 Å². The molecule has 2 atom stereocenters. The Morgan fingerprint density at radius 2 is 2.09 bits per heavy atom. The molecule has 2 N–H and O–H groups in total. The minimum absolute atomic E-state index is 0.220. The zero-order valence-electron chi connectivity index (χ0n) is 12.4. The summed E-state index contributed by atoms with van der Waals surface area (Å²) in [6, 6.07) is 4.09. The van der Waals surface area contributed by atoms with Gasteiger partial charge in [0, 0.05) is 17.1 Å². The third-order valence-electron chi connectivity index (χ3n) is 4.02. The first kappa shape index (κ1) is 16.4. The molecule has 0 aliphatic carbocycles. The predicted molar refractivity (Wildman–Crippen MR) is 88.6 cm³/mol. The van der Waals surface area contributed by atoms with E-state index >= 15 is 0 Å². The summed E-state index contributed by atoms with van der Waals surface area (Å²) in [5.41, 5.74) is 0.912. The largest absolute Gasteiger partial charge is 0.326 e. The predicted octanol–water partition coefficient (Wildman–Crippen LogP) is 0.924. The van der Waals surface area contributed by atoms with Crippen LogP contribution in [0.25, 0.3) is 0 Å². The summed E-state index contributed by atoms with van der Waals surface area (Å²) >= 11 is 3.33. The molecule has 1 fully saturated rings. The van der Waals surface area contributed by atoms with Gasteiger partial charge in [-0.1, -0.05) is 15.9 Å². The molecule has 2 heterocycles. The Morgan fingerprint density at radius 3 is 2.78 bits per heavy atom. The maximum atomic E-state index is 12.7. The lowest BCUT2D eigenvalue weighted by Gasteiger charge is -2.37. The molecule has 0 unspecified atom stereocenters. The van der Waals surface area contributed by atoms with Crippen molar-refractivity contribution in [1.82, 2.24) is 9.62 Å². The number of sulfonamides is 1. The first-order chi connectivity index (χ1) is 10.7. The molecule has 124 valence electrons. The van der Waals surface area contributed by atoms with Gasteiger partial charge in [0.25, 0.3) is 5.91 Å². The number of carbonyl (C=O) groups is 2. The number of fused-ring (bicyclic) bond motifs is 2. The molecule has 1 aromatic rings. The summed E-state index contributed by atoms with van der Waals surface area (Å²) in [5, 5.41) is 2.76. The minimum atomic E-state index is -3.35. The molecule has 3 rings (SSSR count). The van der Waals surface area contributed by atoms with Crippen molar-refractivity contribution < 1.29 is 18.0 Å². The van der Waals surface area contributed by atoms with Crippen LogP contribution in [0.1, 0.15) is 23.2 Å². The maximum Gasteiger partial charge on any atom is 0.256 e. The third-order valence-corrected chi connectivity index (χ3v) is 5.27. The number of nitrogens with one attached hydrogen (secondary N) is 2. The summed E-state index contributed by atoms with van der Waals surface area (Å²) in [5.74, 6) is -0.512. The summed E-state index contributed by atoms with van der Waals surface area (Å²) < 4.78 is 26.1. The van der Waals surface area contributed by atoms with Crippen LogP contribution in [-0.4, -0.2) is 50.0 Å². The zero-order valence-corrected chi connectivity index (χ0v) is 14.8. The Balaban J connectivity index is 1.90. The van der Waals surface area contributed by atoms with E-state index in [2.05, 4.69) is 26.0 Å². The quantitative estimate of drug-likeness (QED) is 0.769. The molecule has 23 heavy (non-hydrogen) atoms. The first-order valence-corrected chi connectivity index (χ1v) is 9.82. The average Bonchev–Trinajstić information content (AvgIpc) is 2.55. The Hall–Kier alpha value is -1.45. The topological polar surface area (TPSA) is 95.6 Å². The molecule has 0 spiro atoms. The smallest absolute Gasteiger partial charge is 0.256 e. The SMILES string of the molecule is CS(=O)(=O)N[C@@H]1CCN2C(=O)c3cc(Br)ccc3NC(=O)[C@@H]2C1. The zero-order chi connectivity index (χ0) is 16.8. The summed E-state index contributed by atoms with van der Waals surface area (Å²) in [4.78, 5) is 26.7. The number of rotatable bonds is 2. The van der Waals surface area contributed by atoms with Gasteiger partial charge in [-0.25, -0.2) is 13.1 Å². The van der Waals surface area contributed by atoms with Crippen molar-refractivity contribution in [2.75, 3.05) is 18.1 Å². The fourth-order valence-electron chi connectivity index (χ4n) is 3.04. The van der Waals surface area contributed by atoms with Crippen LogP contribution in [0.4, 0.5) is 5.69 Å². The van der Waals surface area contributed by atoms with Gasteiger partial charge in [-0.15, -0.1) is 0 Å². The number of nitrogens with zero attached hydrogens (tertiary/aromatic N) is 1. The number of amides is 2. The molecule has 0 aromatic heterocycles. The van der Waals surface area contributed by atoms with E-state index in [1.165, 1.54) is 4.90 Å². The maximum absolute atomic E-state index is 12.7. The fraction of sp³-hybridized carbons (Fsp3) is 0.429. The van der Waals surface area contributed by atoms with Crippen LogP contribution in [0.3, 0.4) is 0 Å². The van der Waals surface area contributed by atoms with Crippen molar-refractivity contribution in [3.05, 3.63) is 28.2 Å². The van der Waals surface area contributed by atoms with Crippen molar-refractivity contribution in [2.24, 2.45) is 0 Å². The second-order valence-corrected chi connectivity index (χ2v) is 8.50. The minimum Gasteiger partial charge on any atom is -0.326 e. The van der Waals surface area contributed by atoms with Gasteiger partial charge in [-0.05, 0) is 31.0 Å². The van der Waals surface area contributed by atoms with Crippen LogP contribution in [0.2, 0.25) is 0 Å². The molecular formula is C14H16BrN3O4S. The van der Waals surface area contributed by atoms with Crippen molar-refractivity contribution in [2.45, 2.75) is 24.9 Å². The van der Waals surface area contributed by atoms with Crippen molar-refractivity contribution in [3.63, 3.8) is 0 Å². The second kappa shape index (κ2) is 5.88. The van der Waals surface area contributed by atoms with Crippen LogP contribution in [0, 0.1) is 0 Å². The summed E-state index contributed by atoms with van der Waals surface area (Å²) in [6.45, 7) is 0.329. The number of benzene rings is 1. The first-order valence-electron chi connectivity index (χ1n) is 7.13. The van der Waals surface area contributed by atoms with E-state index in [0.717, 1.165) is 10.7 Å². The third kappa shape index (κ3) is 3.41. The molecule has 1 aromatic carbocycles. The highest BCUT2D eigenvalue weighted by molar-refractivity contribution is 9.10. The van der Waals surface area contributed by atoms with Crippen LogP contribution in [-0.2, 0) is 14.8 Å². The lowest BCUT2D eigenvalue weighted by atomic mass is 9.97. The van der Waals surface area contributed by atoms with Crippen LogP contribution >= 0.6 is 15.9 Å². The van der Waals surface area contributed by atoms with Crippen molar-refractivity contribution >= 4 is 43.5 Å². The standard InChI is InChI=1S/C14H16BrN3O4S/c1-23(21,22)17-9-4-5-18-12(7-9)13(19)16-11-3-2-8(15)6-10(11)14(18)20/h2-3,6,9,12,17H,4-5,7H2,1H3,(H,16,19)/t9-,12+/m1/s1. The number of anilines is 1. The van der Waals surface area contributed by atoms with E-state index in [1.54, 1.807) is 18.2 Å². The normalized spacial score (nSPS) is 24.5. The lowest BCUT2D eigenvalue weighted by molar-refractivity contribution is -0.121. The number of hydrogen-bond donors (Lipinski definition) is 2. The second-order valence-electron chi connectivity index (χ2n) is 5.80. The molecular weight excluding hydrogens is 386 g/mol. The van der Waals surface area contributed by atoms with Gasteiger partial charge in [-0.2, -0.15) is 0 Å². The van der Waals surface area contributed by atoms with E-state index in [-0.39, 0.29) is 24.3 Å². The van der Waals surface area contributed by atoms with Gasteiger partial charge in [0.15, 0.2) is 0 Å². The van der Waals surface area contributed by atoms with Crippen molar-refractivity contribution in [3.8, 4) is 0 Å². The van der Waals surface area contributed by atoms with Gasteiger partial charge >= 0.3 is 0 Å². The average molecular weight is 402 g/mol. The Bertz CT molecular complexity index is 780. The van der Waals surface area contributed by atoms with Crippen LogP contribution in [0.5, 0.6) is 0 Å². The Morgan fingerprint density at radius 1 is 1.35 bits per heavy atom. The number of carbonyl (C=O) groups excluding carboxylic acids is 2. The molecule has 2 aliphatic heterocycles. The van der Waals surface area contributed by atoms with Crippen LogP contribution < -0.4 is 10.0 Å². The van der Waals surface area contributed by atoms with E-state index in [1.807, 2.05) is 0 Å². The van der Waals surface area contributed by atoms with E-state index < -0.39 is 16.1 Å². The monoisotopic (exact) mass is 401 g/mol. The van der Waals surface area contributed by atoms with Gasteiger partial charge in [0.1, 0.15) is 6.04 Å². The van der Waals surface area contributed by atoms with Gasteiger partial charge in [0.2, 0.25) is 15.9 Å². The fourth-order valence-corrected chi connectivity index (χ4v) is 4.22. The molecule has 7 nitrogen and oxygen atoms in total. The number of piperidine rings is 1. The van der Waals surface area contributed by atoms with Crippen LogP contribution in [0.15, 0.2) is 22.7 Å². The molecule has 9 heteroatoms. The molecule has 2 amide bonds. The highest BCUT2D eigenvalue weighted by Gasteiger charge is 2.40. The highest BCUT2D eigenvalue weighted by atomic mass is 79.9. The van der Waals surface area contributed by atoms with E-state index in [9.17, 15) is 18.0 Å². The Labute approximate surface area is 142 Å².